The second kappa shape index (κ2) is 8.85. The summed E-state index contributed by atoms with van der Waals surface area (Å²) in [5.41, 5.74) is 3.08. The summed E-state index contributed by atoms with van der Waals surface area (Å²) in [6, 6.07) is 15.2. The molecule has 2 amide bonds. The molecule has 2 aromatic rings. The molecule has 1 aliphatic rings. The molecule has 27 heavy (non-hydrogen) atoms. The van der Waals surface area contributed by atoms with E-state index in [1.807, 2.05) is 29.2 Å². The summed E-state index contributed by atoms with van der Waals surface area (Å²) in [4.78, 5) is 27.5. The second-order valence-corrected chi connectivity index (χ2v) is 7.14. The molecule has 0 saturated carbocycles. The van der Waals surface area contributed by atoms with Crippen molar-refractivity contribution in [3.8, 4) is 0 Å². The van der Waals surface area contributed by atoms with Gasteiger partial charge in [0, 0.05) is 29.4 Å². The zero-order valence-electron chi connectivity index (χ0n) is 16.2. The highest BCUT2D eigenvalue weighted by Gasteiger charge is 2.26. The minimum atomic E-state index is -0.195. The first-order chi connectivity index (χ1) is 13.1. The lowest BCUT2D eigenvalue weighted by Crippen LogP contribution is -2.43. The van der Waals surface area contributed by atoms with E-state index in [0.717, 1.165) is 37.9 Å². The van der Waals surface area contributed by atoms with Crippen LogP contribution in [0, 0.1) is 0 Å². The van der Waals surface area contributed by atoms with Crippen LogP contribution in [0.2, 0.25) is 0 Å². The van der Waals surface area contributed by atoms with Crippen molar-refractivity contribution in [1.82, 2.24) is 4.90 Å². The summed E-state index contributed by atoms with van der Waals surface area (Å²) in [5.74, 6) is -0.164. The molecule has 142 valence electrons. The van der Waals surface area contributed by atoms with Crippen LogP contribution in [0.25, 0.3) is 0 Å². The molecule has 3 rings (SSSR count). The first kappa shape index (κ1) is 19.2. The Bertz CT molecular complexity index is 798. The van der Waals surface area contributed by atoms with Gasteiger partial charge in [-0.25, -0.2) is 0 Å². The topological polar surface area (TPSA) is 49.4 Å². The number of carbonyl (C=O) groups excluding carboxylic acids is 2. The quantitative estimate of drug-likeness (QED) is 0.820. The molecule has 1 heterocycles. The lowest BCUT2D eigenvalue weighted by molar-refractivity contribution is 0.0608. The summed E-state index contributed by atoms with van der Waals surface area (Å²) >= 11 is 0. The van der Waals surface area contributed by atoms with Crippen molar-refractivity contribution in [2.45, 2.75) is 52.0 Å². The monoisotopic (exact) mass is 364 g/mol. The van der Waals surface area contributed by atoms with Crippen LogP contribution in [0.15, 0.2) is 48.5 Å². The average Bonchev–Trinajstić information content (AvgIpc) is 2.73. The van der Waals surface area contributed by atoms with Crippen LogP contribution >= 0.6 is 0 Å². The molecular weight excluding hydrogens is 336 g/mol. The number of carbonyl (C=O) groups is 2. The van der Waals surface area contributed by atoms with Crippen molar-refractivity contribution >= 4 is 17.5 Å². The van der Waals surface area contributed by atoms with Crippen LogP contribution in [0.1, 0.15) is 65.8 Å². The highest BCUT2D eigenvalue weighted by molar-refractivity contribution is 6.06. The number of amides is 2. The Labute approximate surface area is 161 Å². The fraction of sp³-hybridized carbons (Fsp3) is 0.391. The van der Waals surface area contributed by atoms with Crippen LogP contribution in [0.4, 0.5) is 5.69 Å². The van der Waals surface area contributed by atoms with Gasteiger partial charge in [0.25, 0.3) is 11.8 Å². The largest absolute Gasteiger partial charge is 0.336 e. The van der Waals surface area contributed by atoms with Crippen LogP contribution in [-0.2, 0) is 6.42 Å². The zero-order valence-corrected chi connectivity index (χ0v) is 16.2. The van der Waals surface area contributed by atoms with Crippen molar-refractivity contribution in [2.75, 3.05) is 11.9 Å². The van der Waals surface area contributed by atoms with Crippen molar-refractivity contribution < 1.29 is 9.59 Å². The average molecular weight is 364 g/mol. The summed E-state index contributed by atoms with van der Waals surface area (Å²) in [5, 5.41) is 2.91. The minimum absolute atomic E-state index is 0.0310. The Balaban J connectivity index is 1.73. The van der Waals surface area contributed by atoms with E-state index in [-0.39, 0.29) is 11.8 Å². The van der Waals surface area contributed by atoms with E-state index in [0.29, 0.717) is 17.2 Å². The Morgan fingerprint density at radius 1 is 1.04 bits per heavy atom. The first-order valence-electron chi connectivity index (χ1n) is 9.93. The van der Waals surface area contributed by atoms with Crippen LogP contribution < -0.4 is 5.32 Å². The van der Waals surface area contributed by atoms with Gasteiger partial charge in [-0.15, -0.1) is 0 Å². The van der Waals surface area contributed by atoms with Crippen molar-refractivity contribution in [1.29, 1.82) is 0 Å². The molecule has 1 aliphatic heterocycles. The Morgan fingerprint density at radius 2 is 1.78 bits per heavy atom. The third-order valence-corrected chi connectivity index (χ3v) is 5.35. The molecule has 1 atom stereocenters. The summed E-state index contributed by atoms with van der Waals surface area (Å²) in [7, 11) is 0. The Hall–Kier alpha value is -2.62. The molecule has 1 unspecified atom stereocenters. The second-order valence-electron chi connectivity index (χ2n) is 7.14. The number of piperidine rings is 1. The van der Waals surface area contributed by atoms with Gasteiger partial charge < -0.3 is 10.2 Å². The van der Waals surface area contributed by atoms with Gasteiger partial charge in [0.1, 0.15) is 0 Å². The lowest BCUT2D eigenvalue weighted by Gasteiger charge is -2.35. The number of hydrogen-bond donors (Lipinski definition) is 1. The van der Waals surface area contributed by atoms with E-state index in [1.165, 1.54) is 12.0 Å². The number of rotatable bonds is 5. The number of benzene rings is 2. The van der Waals surface area contributed by atoms with E-state index in [9.17, 15) is 9.59 Å². The molecular formula is C23H28N2O2. The van der Waals surface area contributed by atoms with E-state index < -0.39 is 0 Å². The van der Waals surface area contributed by atoms with Crippen molar-refractivity contribution in [3.05, 3.63) is 65.2 Å². The molecule has 0 bridgehead atoms. The molecule has 2 aromatic carbocycles. The number of hydrogen-bond acceptors (Lipinski definition) is 2. The smallest absolute Gasteiger partial charge is 0.255 e. The van der Waals surface area contributed by atoms with Crippen LogP contribution in [-0.4, -0.2) is 29.3 Å². The number of anilines is 1. The van der Waals surface area contributed by atoms with Gasteiger partial charge in [0.15, 0.2) is 0 Å². The third-order valence-electron chi connectivity index (χ3n) is 5.35. The fourth-order valence-corrected chi connectivity index (χ4v) is 3.68. The molecule has 0 spiro atoms. The lowest BCUT2D eigenvalue weighted by atomic mass is 9.98. The molecule has 0 aromatic heterocycles. The maximum absolute atomic E-state index is 13.0. The van der Waals surface area contributed by atoms with Gasteiger partial charge in [0.2, 0.25) is 0 Å². The normalized spacial score (nSPS) is 16.8. The fourth-order valence-electron chi connectivity index (χ4n) is 3.68. The molecule has 1 saturated heterocycles. The van der Waals surface area contributed by atoms with Crippen LogP contribution in [0.3, 0.4) is 0 Å². The standard InChI is InChI=1S/C23H28N2O2/c1-3-17-11-13-20(14-12-17)24-22(26)18-8-7-9-19(16-18)23(27)25-15-6-5-10-21(25)4-2/h7-9,11-14,16,21H,3-6,10,15H2,1-2H3,(H,24,26). The van der Waals surface area contributed by atoms with Gasteiger partial charge in [-0.05, 0) is 68.0 Å². The molecule has 1 N–H and O–H groups in total. The minimum Gasteiger partial charge on any atom is -0.336 e. The van der Waals surface area contributed by atoms with E-state index in [2.05, 4.69) is 19.2 Å². The van der Waals surface area contributed by atoms with E-state index in [1.54, 1.807) is 24.3 Å². The van der Waals surface area contributed by atoms with Crippen molar-refractivity contribution in [3.63, 3.8) is 0 Å². The molecule has 1 fully saturated rings. The van der Waals surface area contributed by atoms with Gasteiger partial charge >= 0.3 is 0 Å². The predicted molar refractivity (Wildman–Crippen MR) is 109 cm³/mol. The Kier molecular flexibility index (Phi) is 6.28. The molecule has 4 nitrogen and oxygen atoms in total. The molecule has 0 aliphatic carbocycles. The predicted octanol–water partition coefficient (Wildman–Crippen LogP) is 4.91. The third kappa shape index (κ3) is 4.57. The van der Waals surface area contributed by atoms with Gasteiger partial charge in [0.05, 0.1) is 0 Å². The maximum Gasteiger partial charge on any atom is 0.255 e. The summed E-state index contributed by atoms with van der Waals surface area (Å²) < 4.78 is 0. The van der Waals surface area contributed by atoms with Gasteiger partial charge in [-0.3, -0.25) is 9.59 Å². The van der Waals surface area contributed by atoms with Gasteiger partial charge in [-0.2, -0.15) is 0 Å². The van der Waals surface area contributed by atoms with Gasteiger partial charge in [-0.1, -0.05) is 32.0 Å². The first-order valence-corrected chi connectivity index (χ1v) is 9.93. The number of nitrogens with zero attached hydrogens (tertiary/aromatic N) is 1. The molecule has 0 radical (unpaired) electrons. The summed E-state index contributed by atoms with van der Waals surface area (Å²) in [6.45, 7) is 5.03. The highest BCUT2D eigenvalue weighted by Crippen LogP contribution is 2.22. The number of aryl methyl sites for hydroxylation is 1. The zero-order chi connectivity index (χ0) is 19.2. The SMILES string of the molecule is CCc1ccc(NC(=O)c2cccc(C(=O)N3CCCCC3CC)c2)cc1. The van der Waals surface area contributed by atoms with E-state index >= 15 is 0 Å². The Morgan fingerprint density at radius 3 is 2.48 bits per heavy atom. The summed E-state index contributed by atoms with van der Waals surface area (Å²) in [6.07, 6.45) is 5.24. The molecule has 4 heteroatoms. The highest BCUT2D eigenvalue weighted by atomic mass is 16.2. The van der Waals surface area contributed by atoms with E-state index in [4.69, 9.17) is 0 Å². The number of nitrogens with one attached hydrogen (secondary N) is 1. The number of likely N-dealkylation sites (tertiary alicyclic amines) is 1. The van der Waals surface area contributed by atoms with Crippen molar-refractivity contribution in [2.24, 2.45) is 0 Å². The van der Waals surface area contributed by atoms with Crippen LogP contribution in [0.5, 0.6) is 0 Å². The maximum atomic E-state index is 13.0.